The molecule has 2 aromatic heterocycles. The Morgan fingerprint density at radius 3 is 2.81 bits per heavy atom. The fourth-order valence-corrected chi connectivity index (χ4v) is 4.42. The third-order valence-electron chi connectivity index (χ3n) is 6.50. The van der Waals surface area contributed by atoms with Gasteiger partial charge in [-0.2, -0.15) is 0 Å². The second-order valence-electron chi connectivity index (χ2n) is 8.58. The predicted octanol–water partition coefficient (Wildman–Crippen LogP) is 4.29. The highest BCUT2D eigenvalue weighted by Crippen LogP contribution is 2.49. The number of hydrogen-bond acceptors (Lipinski definition) is 5. The van der Waals surface area contributed by atoms with Gasteiger partial charge in [0.15, 0.2) is 0 Å². The molecule has 7 nitrogen and oxygen atoms in total. The van der Waals surface area contributed by atoms with Crippen LogP contribution in [0.25, 0.3) is 5.69 Å². The van der Waals surface area contributed by atoms with Gasteiger partial charge in [-0.1, -0.05) is 17.9 Å². The Bertz CT molecular complexity index is 910. The van der Waals surface area contributed by atoms with Crippen LogP contribution in [0.1, 0.15) is 39.5 Å². The van der Waals surface area contributed by atoms with Crippen molar-refractivity contribution in [1.82, 2.24) is 24.9 Å². The number of rotatable bonds is 8. The van der Waals surface area contributed by atoms with Crippen molar-refractivity contribution in [2.45, 2.75) is 39.5 Å². The number of aromatic nitrogens is 4. The summed E-state index contributed by atoms with van der Waals surface area (Å²) in [6.45, 7) is 10.9. The van der Waals surface area contributed by atoms with E-state index in [-0.39, 0.29) is 0 Å². The first-order valence-electron chi connectivity index (χ1n) is 11.2. The molecule has 0 N–H and O–H groups in total. The molecule has 3 heterocycles. The summed E-state index contributed by atoms with van der Waals surface area (Å²) >= 11 is 0. The zero-order valence-corrected chi connectivity index (χ0v) is 18.5. The Hall–Kier alpha value is -2.96. The summed E-state index contributed by atoms with van der Waals surface area (Å²) in [5, 5.41) is 7.78. The molecule has 7 heteroatoms. The second-order valence-corrected chi connectivity index (χ2v) is 8.58. The first kappa shape index (κ1) is 21.3. The van der Waals surface area contributed by atoms with Gasteiger partial charge < -0.3 is 9.64 Å². The van der Waals surface area contributed by atoms with Crippen LogP contribution < -0.4 is 4.74 Å². The first-order chi connectivity index (χ1) is 15.1. The predicted molar refractivity (Wildman–Crippen MR) is 122 cm³/mol. The summed E-state index contributed by atoms with van der Waals surface area (Å²) in [7, 11) is 0. The lowest BCUT2D eigenvalue weighted by atomic mass is 9.90. The van der Waals surface area contributed by atoms with E-state index in [1.54, 1.807) is 23.3 Å². The van der Waals surface area contributed by atoms with Gasteiger partial charge in [0.1, 0.15) is 5.84 Å². The van der Waals surface area contributed by atoms with E-state index in [0.29, 0.717) is 5.88 Å². The summed E-state index contributed by atoms with van der Waals surface area (Å²) < 4.78 is 7.56. The number of hydrogen-bond donors (Lipinski definition) is 0. The van der Waals surface area contributed by atoms with Crippen molar-refractivity contribution in [2.24, 2.45) is 22.7 Å². The van der Waals surface area contributed by atoms with Crippen molar-refractivity contribution >= 4 is 5.84 Å². The lowest BCUT2D eigenvalue weighted by Gasteiger charge is -2.33. The minimum atomic E-state index is 0.671. The van der Waals surface area contributed by atoms with Gasteiger partial charge in [0.05, 0.1) is 30.9 Å². The Morgan fingerprint density at radius 2 is 2.13 bits per heavy atom. The molecule has 0 spiro atoms. The zero-order chi connectivity index (χ0) is 21.6. The summed E-state index contributed by atoms with van der Waals surface area (Å²) in [6.07, 6.45) is 13.9. The lowest BCUT2D eigenvalue weighted by Crippen LogP contribution is -2.37. The minimum Gasteiger partial charge on any atom is -0.478 e. The van der Waals surface area contributed by atoms with E-state index in [2.05, 4.69) is 38.7 Å². The highest BCUT2D eigenvalue weighted by atomic mass is 16.5. The third kappa shape index (κ3) is 5.60. The van der Waals surface area contributed by atoms with Crippen LogP contribution in [0.3, 0.4) is 0 Å². The van der Waals surface area contributed by atoms with Gasteiger partial charge in [0.25, 0.3) is 0 Å². The van der Waals surface area contributed by atoms with Crippen molar-refractivity contribution in [2.75, 3.05) is 19.7 Å². The maximum absolute atomic E-state index is 5.88. The molecule has 2 atom stereocenters. The van der Waals surface area contributed by atoms with Gasteiger partial charge in [-0.3, -0.25) is 0 Å². The molecule has 0 aromatic carbocycles. The van der Waals surface area contributed by atoms with Crippen LogP contribution in [-0.2, 0) is 0 Å². The fourth-order valence-electron chi connectivity index (χ4n) is 4.42. The SMILES string of the molecule is C=C/C(C)=C\N=C(/C)N1CCC(C2C[C@H]2CCOc2ccc(-n3ccnn3)cn2)CC1. The van der Waals surface area contributed by atoms with Crippen LogP contribution in [0.15, 0.2) is 60.1 Å². The summed E-state index contributed by atoms with van der Waals surface area (Å²) in [4.78, 5) is 11.4. The summed E-state index contributed by atoms with van der Waals surface area (Å²) in [6, 6.07) is 3.84. The van der Waals surface area contributed by atoms with Crippen molar-refractivity contribution in [3.05, 3.63) is 55.2 Å². The smallest absolute Gasteiger partial charge is 0.213 e. The van der Waals surface area contributed by atoms with Crippen LogP contribution in [0, 0.1) is 17.8 Å². The molecule has 31 heavy (non-hydrogen) atoms. The van der Waals surface area contributed by atoms with E-state index in [1.165, 1.54) is 19.3 Å². The third-order valence-corrected chi connectivity index (χ3v) is 6.50. The molecule has 164 valence electrons. The molecule has 2 aliphatic rings. The largest absolute Gasteiger partial charge is 0.478 e. The molecule has 1 saturated carbocycles. The molecule has 1 unspecified atom stereocenters. The minimum absolute atomic E-state index is 0.671. The Labute approximate surface area is 184 Å². The molecule has 0 radical (unpaired) electrons. The van der Waals surface area contributed by atoms with Crippen molar-refractivity contribution in [3.8, 4) is 11.6 Å². The quantitative estimate of drug-likeness (QED) is 0.362. The van der Waals surface area contributed by atoms with Crippen molar-refractivity contribution in [1.29, 1.82) is 0 Å². The van der Waals surface area contributed by atoms with E-state index in [1.807, 2.05) is 31.3 Å². The van der Waals surface area contributed by atoms with E-state index >= 15 is 0 Å². The number of ether oxygens (including phenoxy) is 1. The highest BCUT2D eigenvalue weighted by Gasteiger charge is 2.43. The topological polar surface area (TPSA) is 68.4 Å². The fraction of sp³-hybridized carbons (Fsp3) is 0.500. The van der Waals surface area contributed by atoms with Gasteiger partial charge in [-0.15, -0.1) is 5.10 Å². The average Bonchev–Trinajstić information content (AvgIpc) is 3.36. The van der Waals surface area contributed by atoms with Crippen LogP contribution >= 0.6 is 0 Å². The summed E-state index contributed by atoms with van der Waals surface area (Å²) in [5.74, 6) is 4.31. The average molecular weight is 421 g/mol. The molecule has 2 fully saturated rings. The van der Waals surface area contributed by atoms with E-state index < -0.39 is 0 Å². The Morgan fingerprint density at radius 1 is 1.29 bits per heavy atom. The maximum atomic E-state index is 5.88. The number of likely N-dealkylation sites (tertiary alicyclic amines) is 1. The second kappa shape index (κ2) is 9.90. The molecule has 1 aliphatic heterocycles. The van der Waals surface area contributed by atoms with Crippen LogP contribution in [0.5, 0.6) is 5.88 Å². The molecular weight excluding hydrogens is 388 g/mol. The number of pyridine rings is 1. The van der Waals surface area contributed by atoms with Gasteiger partial charge in [0, 0.05) is 25.4 Å². The van der Waals surface area contributed by atoms with Gasteiger partial charge in [0.2, 0.25) is 5.88 Å². The van der Waals surface area contributed by atoms with E-state index in [0.717, 1.165) is 61.0 Å². The van der Waals surface area contributed by atoms with Gasteiger partial charge in [-0.05, 0) is 68.9 Å². The first-order valence-corrected chi connectivity index (χ1v) is 11.2. The number of allylic oxidation sites excluding steroid dienone is 2. The van der Waals surface area contributed by atoms with Crippen molar-refractivity contribution < 1.29 is 4.74 Å². The number of piperidine rings is 1. The number of aliphatic imine (C=N–C) groups is 1. The van der Waals surface area contributed by atoms with Crippen LogP contribution in [-0.4, -0.2) is 50.4 Å². The Balaban J connectivity index is 1.16. The number of amidine groups is 1. The molecule has 1 saturated heterocycles. The zero-order valence-electron chi connectivity index (χ0n) is 18.5. The van der Waals surface area contributed by atoms with Crippen molar-refractivity contribution in [3.63, 3.8) is 0 Å². The molecule has 0 amide bonds. The van der Waals surface area contributed by atoms with Crippen LogP contribution in [0.2, 0.25) is 0 Å². The molecule has 0 bridgehead atoms. The standard InChI is InChI=1S/C24H32N6O/c1-4-18(2)16-25-19(3)29-11-7-20(8-12-29)23-15-21(23)9-14-31-24-6-5-22(17-26-24)30-13-10-27-28-30/h4-6,10,13,16-17,20-21,23H,1,7-9,11-12,14-15H2,2-3H3/b18-16-,25-19+/t21-,23?/m1/s1. The maximum Gasteiger partial charge on any atom is 0.213 e. The molecule has 2 aromatic rings. The van der Waals surface area contributed by atoms with Gasteiger partial charge in [-0.25, -0.2) is 14.7 Å². The molecule has 4 rings (SSSR count). The summed E-state index contributed by atoms with van der Waals surface area (Å²) in [5.41, 5.74) is 1.98. The van der Waals surface area contributed by atoms with Gasteiger partial charge >= 0.3 is 0 Å². The van der Waals surface area contributed by atoms with E-state index in [4.69, 9.17) is 4.74 Å². The molecule has 1 aliphatic carbocycles. The Kier molecular flexibility index (Phi) is 6.79. The normalized spacial score (nSPS) is 22.5. The number of nitrogens with zero attached hydrogens (tertiary/aromatic N) is 6. The highest BCUT2D eigenvalue weighted by molar-refractivity contribution is 5.80. The monoisotopic (exact) mass is 420 g/mol. The van der Waals surface area contributed by atoms with Crippen LogP contribution in [0.4, 0.5) is 0 Å². The lowest BCUT2D eigenvalue weighted by molar-refractivity contribution is 0.229. The van der Waals surface area contributed by atoms with E-state index in [9.17, 15) is 0 Å². The molecular formula is C24H32N6O.